The van der Waals surface area contributed by atoms with Gasteiger partial charge in [-0.3, -0.25) is 14.4 Å². The SMILES string of the molecule is Cc1cc2nc3c(=O)n(CC(=O)N(CCNC(=O)OC(C)(C)C)CC(=O)O)c(=O)nc-3n(C)c2cc1C. The number of benzene rings is 1. The Bertz CT molecular complexity index is 1470. The average Bonchev–Trinajstić information content (AvgIpc) is 2.77. The van der Waals surface area contributed by atoms with Crippen LogP contribution in [0.5, 0.6) is 0 Å². The highest BCUT2D eigenvalue weighted by atomic mass is 16.6. The van der Waals surface area contributed by atoms with Crippen LogP contribution in [0.2, 0.25) is 0 Å². The number of carboxylic acids is 1. The van der Waals surface area contributed by atoms with Gasteiger partial charge in [-0.05, 0) is 57.9 Å². The number of carbonyl (C=O) groups is 3. The minimum atomic E-state index is -1.30. The molecule has 0 bridgehead atoms. The third-order valence-corrected chi connectivity index (χ3v) is 5.62. The molecule has 198 valence electrons. The van der Waals surface area contributed by atoms with Gasteiger partial charge in [-0.1, -0.05) is 0 Å². The highest BCUT2D eigenvalue weighted by Gasteiger charge is 2.24. The molecule has 0 radical (unpaired) electrons. The Morgan fingerprint density at radius 3 is 2.38 bits per heavy atom. The summed E-state index contributed by atoms with van der Waals surface area (Å²) in [5.74, 6) is -2.05. The Morgan fingerprint density at radius 2 is 1.76 bits per heavy atom. The van der Waals surface area contributed by atoms with E-state index in [-0.39, 0.29) is 24.6 Å². The van der Waals surface area contributed by atoms with Crippen LogP contribution in [0, 0.1) is 13.8 Å². The highest BCUT2D eigenvalue weighted by molar-refractivity contribution is 5.82. The lowest BCUT2D eigenvalue weighted by Gasteiger charge is -2.23. The van der Waals surface area contributed by atoms with Crippen LogP contribution in [-0.4, -0.2) is 72.3 Å². The first-order chi connectivity index (χ1) is 17.2. The first kappa shape index (κ1) is 27.3. The molecule has 0 fully saturated rings. The maximum absolute atomic E-state index is 13.2. The first-order valence-corrected chi connectivity index (χ1v) is 11.5. The van der Waals surface area contributed by atoms with E-state index in [0.717, 1.165) is 16.0 Å². The third-order valence-electron chi connectivity index (χ3n) is 5.62. The molecule has 0 saturated heterocycles. The van der Waals surface area contributed by atoms with Crippen LogP contribution in [0.25, 0.3) is 22.6 Å². The van der Waals surface area contributed by atoms with Crippen molar-refractivity contribution in [2.24, 2.45) is 7.05 Å². The van der Waals surface area contributed by atoms with Gasteiger partial charge < -0.3 is 24.6 Å². The van der Waals surface area contributed by atoms with E-state index in [0.29, 0.717) is 15.6 Å². The van der Waals surface area contributed by atoms with Crippen LogP contribution in [-0.2, 0) is 27.9 Å². The summed E-state index contributed by atoms with van der Waals surface area (Å²) in [5.41, 5.74) is 0.563. The molecule has 0 saturated carbocycles. The van der Waals surface area contributed by atoms with E-state index in [2.05, 4.69) is 15.3 Å². The summed E-state index contributed by atoms with van der Waals surface area (Å²) in [5, 5.41) is 11.7. The van der Waals surface area contributed by atoms with Gasteiger partial charge in [0.25, 0.3) is 5.56 Å². The standard InChI is InChI=1S/C24H30N6O7/c1-13-9-15-16(10-14(13)2)28(6)20-19(26-15)21(34)30(22(35)27-20)11-17(31)29(12-18(32)33)8-7-25-23(36)37-24(3,4)5/h9-10H,7-8,11-12H2,1-6H3,(H,25,36)(H,32,33). The minimum Gasteiger partial charge on any atom is -0.480 e. The second-order valence-corrected chi connectivity index (χ2v) is 9.69. The number of hydrogen-bond donors (Lipinski definition) is 2. The molecule has 2 aliphatic rings. The maximum atomic E-state index is 13.2. The molecule has 13 heteroatoms. The summed E-state index contributed by atoms with van der Waals surface area (Å²) < 4.78 is 7.33. The Labute approximate surface area is 212 Å². The van der Waals surface area contributed by atoms with Crippen molar-refractivity contribution < 1.29 is 24.2 Å². The van der Waals surface area contributed by atoms with Gasteiger partial charge in [0, 0.05) is 20.1 Å². The minimum absolute atomic E-state index is 0.0680. The topological polar surface area (TPSA) is 166 Å². The van der Waals surface area contributed by atoms with Gasteiger partial charge in [0.05, 0.1) is 11.0 Å². The fourth-order valence-electron chi connectivity index (χ4n) is 3.66. The largest absolute Gasteiger partial charge is 0.480 e. The number of nitrogens with zero attached hydrogens (tertiary/aromatic N) is 5. The smallest absolute Gasteiger partial charge is 0.407 e. The van der Waals surface area contributed by atoms with Crippen LogP contribution in [0.3, 0.4) is 0 Å². The summed E-state index contributed by atoms with van der Waals surface area (Å²) in [6.45, 7) is 7.15. The average molecular weight is 515 g/mol. The van der Waals surface area contributed by atoms with Crippen LogP contribution >= 0.6 is 0 Å². The number of rotatable bonds is 7. The number of aryl methyl sites for hydroxylation is 3. The second kappa shape index (κ2) is 10.4. The van der Waals surface area contributed by atoms with Crippen molar-refractivity contribution in [3.63, 3.8) is 0 Å². The van der Waals surface area contributed by atoms with Crippen LogP contribution < -0.4 is 16.6 Å². The Balaban J connectivity index is 1.90. The Morgan fingerprint density at radius 1 is 1.11 bits per heavy atom. The molecule has 2 amide bonds. The highest BCUT2D eigenvalue weighted by Crippen LogP contribution is 2.22. The summed E-state index contributed by atoms with van der Waals surface area (Å²) in [6, 6.07) is 3.70. The number of ether oxygens (including phenoxy) is 1. The summed E-state index contributed by atoms with van der Waals surface area (Å²) in [7, 11) is 1.66. The van der Waals surface area contributed by atoms with Gasteiger partial charge in [0.15, 0.2) is 11.5 Å². The number of nitrogens with one attached hydrogen (secondary N) is 1. The van der Waals surface area contributed by atoms with E-state index >= 15 is 0 Å². The van der Waals surface area contributed by atoms with Crippen LogP contribution in [0.4, 0.5) is 4.79 Å². The molecule has 0 atom stereocenters. The van der Waals surface area contributed by atoms with Gasteiger partial charge in [-0.15, -0.1) is 0 Å². The fourth-order valence-corrected chi connectivity index (χ4v) is 3.66. The van der Waals surface area contributed by atoms with Gasteiger partial charge in [-0.25, -0.2) is 19.1 Å². The summed E-state index contributed by atoms with van der Waals surface area (Å²) in [4.78, 5) is 71.3. The third kappa shape index (κ3) is 6.29. The van der Waals surface area contributed by atoms with E-state index in [1.54, 1.807) is 32.4 Å². The lowest BCUT2D eigenvalue weighted by molar-refractivity contribution is -0.144. The number of carbonyl (C=O) groups excluding carboxylic acids is 2. The molecule has 2 heterocycles. The molecule has 13 nitrogen and oxygen atoms in total. The molecule has 0 unspecified atom stereocenters. The molecule has 1 aromatic rings. The van der Waals surface area contributed by atoms with Crippen molar-refractivity contribution >= 4 is 29.0 Å². The number of hydrogen-bond acceptors (Lipinski definition) is 8. The van der Waals surface area contributed by atoms with E-state index in [1.807, 2.05) is 26.0 Å². The van der Waals surface area contributed by atoms with Gasteiger partial charge in [0.2, 0.25) is 5.91 Å². The van der Waals surface area contributed by atoms with Gasteiger partial charge >= 0.3 is 17.8 Å². The van der Waals surface area contributed by atoms with E-state index < -0.39 is 47.9 Å². The van der Waals surface area contributed by atoms with Crippen molar-refractivity contribution in [1.29, 1.82) is 0 Å². The number of amides is 2. The molecule has 2 N–H and O–H groups in total. The molecule has 2 aliphatic heterocycles. The Kier molecular flexibility index (Phi) is 7.65. The zero-order valence-corrected chi connectivity index (χ0v) is 21.6. The number of aliphatic carboxylic acids is 1. The fraction of sp³-hybridized carbons (Fsp3) is 0.458. The molecule has 1 aromatic carbocycles. The lowest BCUT2D eigenvalue weighted by atomic mass is 10.1. The van der Waals surface area contributed by atoms with Crippen molar-refractivity contribution in [1.82, 2.24) is 29.3 Å². The molecule has 0 spiro atoms. The predicted octanol–water partition coefficient (Wildman–Crippen LogP) is 0.650. The predicted molar refractivity (Wildman–Crippen MR) is 134 cm³/mol. The van der Waals surface area contributed by atoms with Crippen LogP contribution in [0.1, 0.15) is 31.9 Å². The number of carboxylic acid groups (broad SMARTS) is 1. The molecular weight excluding hydrogens is 484 g/mol. The monoisotopic (exact) mass is 514 g/mol. The van der Waals surface area contributed by atoms with Gasteiger partial charge in [0.1, 0.15) is 18.7 Å². The summed E-state index contributed by atoms with van der Waals surface area (Å²) in [6.07, 6.45) is -0.733. The number of alkyl carbamates (subject to hydrolysis) is 1. The van der Waals surface area contributed by atoms with Crippen LogP contribution in [0.15, 0.2) is 21.7 Å². The molecule has 3 rings (SSSR count). The van der Waals surface area contributed by atoms with E-state index in [1.165, 1.54) is 0 Å². The van der Waals surface area contributed by atoms with E-state index in [4.69, 9.17) is 4.74 Å². The normalized spacial score (nSPS) is 11.5. The summed E-state index contributed by atoms with van der Waals surface area (Å²) >= 11 is 0. The van der Waals surface area contributed by atoms with Crippen molar-refractivity contribution in [3.8, 4) is 11.5 Å². The Hall–Kier alpha value is -4.29. The zero-order valence-electron chi connectivity index (χ0n) is 21.6. The van der Waals surface area contributed by atoms with Crippen molar-refractivity contribution in [3.05, 3.63) is 44.1 Å². The lowest BCUT2D eigenvalue weighted by Crippen LogP contribution is -2.47. The molecular formula is C24H30N6O7. The molecule has 37 heavy (non-hydrogen) atoms. The van der Waals surface area contributed by atoms with Gasteiger partial charge in [-0.2, -0.15) is 4.98 Å². The first-order valence-electron chi connectivity index (χ1n) is 11.5. The molecule has 0 aromatic heterocycles. The van der Waals surface area contributed by atoms with Crippen molar-refractivity contribution in [2.45, 2.75) is 46.8 Å². The molecule has 0 aliphatic carbocycles. The van der Waals surface area contributed by atoms with Crippen molar-refractivity contribution in [2.75, 3.05) is 19.6 Å². The second-order valence-electron chi connectivity index (χ2n) is 9.69. The quantitative estimate of drug-likeness (QED) is 0.430. The zero-order chi connectivity index (χ0) is 27.7. The number of fused-ring (bicyclic) bond motifs is 2. The van der Waals surface area contributed by atoms with E-state index in [9.17, 15) is 29.1 Å². The number of aromatic nitrogens is 4. The maximum Gasteiger partial charge on any atom is 0.407 e.